The molecule has 0 amide bonds. The van der Waals surface area contributed by atoms with Crippen LogP contribution in [-0.4, -0.2) is 50.0 Å². The number of alkyl halides is 3. The SMILES string of the molecule is O=C(O)C(F)(F)F.O=C(O)CC(Cc1nc(CCCc2ccc3c(n2)NCCC3)no1)c1cccc(Br)c1. The zero-order chi connectivity index (χ0) is 27.7. The number of benzene rings is 1. The van der Waals surface area contributed by atoms with E-state index in [-0.39, 0.29) is 12.3 Å². The van der Waals surface area contributed by atoms with Gasteiger partial charge in [-0.3, -0.25) is 4.79 Å². The molecule has 13 heteroatoms. The third-order valence-corrected chi connectivity index (χ3v) is 6.19. The van der Waals surface area contributed by atoms with Crippen LogP contribution in [0.25, 0.3) is 0 Å². The zero-order valence-corrected chi connectivity index (χ0v) is 21.8. The molecule has 0 bridgehead atoms. The summed E-state index contributed by atoms with van der Waals surface area (Å²) in [5.41, 5.74) is 3.29. The van der Waals surface area contributed by atoms with Crippen LogP contribution < -0.4 is 5.32 Å². The average molecular weight is 599 g/mol. The summed E-state index contributed by atoms with van der Waals surface area (Å²) in [6, 6.07) is 11.9. The van der Waals surface area contributed by atoms with Crippen molar-refractivity contribution in [3.05, 3.63) is 69.4 Å². The van der Waals surface area contributed by atoms with E-state index in [0.717, 1.165) is 53.8 Å². The van der Waals surface area contributed by atoms with Gasteiger partial charge in [0.05, 0.1) is 6.42 Å². The topological polar surface area (TPSA) is 138 Å². The lowest BCUT2D eigenvalue weighted by Gasteiger charge is -2.17. The summed E-state index contributed by atoms with van der Waals surface area (Å²) in [6.45, 7) is 0.984. The Labute approximate surface area is 224 Å². The molecule has 2 aromatic heterocycles. The molecule has 38 heavy (non-hydrogen) atoms. The van der Waals surface area contributed by atoms with Crippen molar-refractivity contribution in [2.75, 3.05) is 11.9 Å². The maximum atomic E-state index is 11.3. The minimum atomic E-state index is -5.08. The van der Waals surface area contributed by atoms with Gasteiger partial charge in [-0.15, -0.1) is 0 Å². The Balaban J connectivity index is 0.000000505. The predicted molar refractivity (Wildman–Crippen MR) is 134 cm³/mol. The number of fused-ring (bicyclic) bond motifs is 1. The molecule has 3 heterocycles. The number of halogens is 4. The molecule has 0 aliphatic carbocycles. The van der Waals surface area contributed by atoms with Crippen molar-refractivity contribution in [3.8, 4) is 0 Å². The van der Waals surface area contributed by atoms with E-state index in [4.69, 9.17) is 19.4 Å². The molecule has 0 fully saturated rings. The van der Waals surface area contributed by atoms with Gasteiger partial charge in [0.15, 0.2) is 5.82 Å². The van der Waals surface area contributed by atoms with Crippen molar-refractivity contribution in [2.45, 2.75) is 57.0 Å². The molecular formula is C25H26BrF3N4O5. The number of hydrogen-bond acceptors (Lipinski definition) is 7. The van der Waals surface area contributed by atoms with Gasteiger partial charge in [0.1, 0.15) is 5.82 Å². The normalized spacial score (nSPS) is 13.5. The molecule has 0 radical (unpaired) electrons. The fourth-order valence-electron chi connectivity index (χ4n) is 3.90. The molecule has 204 valence electrons. The van der Waals surface area contributed by atoms with Crippen LogP contribution in [0.3, 0.4) is 0 Å². The summed E-state index contributed by atoms with van der Waals surface area (Å²) in [7, 11) is 0. The lowest BCUT2D eigenvalue weighted by Crippen LogP contribution is -2.21. The van der Waals surface area contributed by atoms with Crippen molar-refractivity contribution in [3.63, 3.8) is 0 Å². The maximum absolute atomic E-state index is 11.3. The quantitative estimate of drug-likeness (QED) is 0.303. The van der Waals surface area contributed by atoms with Gasteiger partial charge in [0.25, 0.3) is 0 Å². The lowest BCUT2D eigenvalue weighted by atomic mass is 9.92. The van der Waals surface area contributed by atoms with Gasteiger partial charge >= 0.3 is 18.1 Å². The van der Waals surface area contributed by atoms with E-state index in [0.29, 0.717) is 24.6 Å². The Morgan fingerprint density at radius 1 is 1.13 bits per heavy atom. The van der Waals surface area contributed by atoms with Crippen molar-refractivity contribution >= 4 is 33.7 Å². The average Bonchev–Trinajstić information content (AvgIpc) is 3.30. The number of rotatable bonds is 9. The first kappa shape index (κ1) is 29.1. The van der Waals surface area contributed by atoms with Crippen LogP contribution >= 0.6 is 15.9 Å². The molecule has 1 unspecified atom stereocenters. The fraction of sp³-hybridized carbons (Fsp3) is 0.400. The van der Waals surface area contributed by atoms with Crippen molar-refractivity contribution in [1.82, 2.24) is 15.1 Å². The van der Waals surface area contributed by atoms with Crippen LogP contribution in [0.1, 0.15) is 53.7 Å². The monoisotopic (exact) mass is 598 g/mol. The number of aryl methyl sites for hydroxylation is 3. The number of pyridine rings is 1. The number of nitrogens with zero attached hydrogens (tertiary/aromatic N) is 3. The van der Waals surface area contributed by atoms with Crippen molar-refractivity contribution in [1.29, 1.82) is 0 Å². The summed E-state index contributed by atoms with van der Waals surface area (Å²) in [6.07, 6.45) is -0.0310. The second-order valence-corrected chi connectivity index (χ2v) is 9.57. The van der Waals surface area contributed by atoms with E-state index in [1.807, 2.05) is 24.3 Å². The minimum Gasteiger partial charge on any atom is -0.481 e. The maximum Gasteiger partial charge on any atom is 0.490 e. The highest BCUT2D eigenvalue weighted by Gasteiger charge is 2.38. The number of carboxylic acid groups (broad SMARTS) is 2. The molecule has 4 rings (SSSR count). The highest BCUT2D eigenvalue weighted by molar-refractivity contribution is 9.10. The van der Waals surface area contributed by atoms with Gasteiger partial charge in [-0.2, -0.15) is 18.2 Å². The van der Waals surface area contributed by atoms with Gasteiger partial charge in [-0.05, 0) is 55.0 Å². The van der Waals surface area contributed by atoms with E-state index >= 15 is 0 Å². The highest BCUT2D eigenvalue weighted by atomic mass is 79.9. The third-order valence-electron chi connectivity index (χ3n) is 5.70. The van der Waals surface area contributed by atoms with E-state index in [9.17, 15) is 23.1 Å². The number of aromatic nitrogens is 3. The molecule has 0 saturated heterocycles. The molecular weight excluding hydrogens is 573 g/mol. The van der Waals surface area contributed by atoms with E-state index in [2.05, 4.69) is 43.5 Å². The van der Waals surface area contributed by atoms with Gasteiger partial charge in [0, 0.05) is 35.5 Å². The van der Waals surface area contributed by atoms with Crippen LogP contribution in [0.4, 0.5) is 19.0 Å². The largest absolute Gasteiger partial charge is 0.490 e. The summed E-state index contributed by atoms with van der Waals surface area (Å²) in [5.74, 6) is -1.70. The summed E-state index contributed by atoms with van der Waals surface area (Å²) in [4.78, 5) is 29.5. The van der Waals surface area contributed by atoms with Crippen LogP contribution in [0.15, 0.2) is 45.4 Å². The second kappa shape index (κ2) is 13.4. The predicted octanol–water partition coefficient (Wildman–Crippen LogP) is 5.19. The first-order valence-electron chi connectivity index (χ1n) is 11.8. The van der Waals surface area contributed by atoms with E-state index in [1.54, 1.807) is 0 Å². The van der Waals surface area contributed by atoms with E-state index < -0.39 is 18.1 Å². The second-order valence-electron chi connectivity index (χ2n) is 8.66. The van der Waals surface area contributed by atoms with E-state index in [1.165, 1.54) is 5.56 Å². The van der Waals surface area contributed by atoms with Crippen LogP contribution in [0.2, 0.25) is 0 Å². The van der Waals surface area contributed by atoms with Crippen LogP contribution in [-0.2, 0) is 35.3 Å². The van der Waals surface area contributed by atoms with Crippen LogP contribution in [0, 0.1) is 0 Å². The Kier molecular flexibility index (Phi) is 10.2. The first-order chi connectivity index (χ1) is 18.0. The number of aliphatic carboxylic acids is 2. The number of hydrogen-bond donors (Lipinski definition) is 3. The summed E-state index contributed by atoms with van der Waals surface area (Å²) in [5, 5.41) is 23.9. The van der Waals surface area contributed by atoms with Gasteiger partial charge < -0.3 is 20.1 Å². The number of nitrogens with one attached hydrogen (secondary N) is 1. The highest BCUT2D eigenvalue weighted by Crippen LogP contribution is 2.27. The van der Waals surface area contributed by atoms with Crippen LogP contribution in [0.5, 0.6) is 0 Å². The lowest BCUT2D eigenvalue weighted by molar-refractivity contribution is -0.192. The number of carboxylic acids is 2. The molecule has 1 atom stereocenters. The smallest absolute Gasteiger partial charge is 0.481 e. The zero-order valence-electron chi connectivity index (χ0n) is 20.2. The number of anilines is 1. The molecule has 0 saturated carbocycles. The molecule has 3 N–H and O–H groups in total. The van der Waals surface area contributed by atoms with Gasteiger partial charge in [0.2, 0.25) is 5.89 Å². The molecule has 1 aromatic carbocycles. The molecule has 0 spiro atoms. The van der Waals surface area contributed by atoms with Crippen molar-refractivity contribution < 1.29 is 37.5 Å². The Hall–Kier alpha value is -3.48. The third kappa shape index (κ3) is 9.12. The fourth-order valence-corrected chi connectivity index (χ4v) is 4.32. The molecule has 1 aliphatic rings. The first-order valence-corrected chi connectivity index (χ1v) is 12.6. The van der Waals surface area contributed by atoms with Gasteiger partial charge in [-0.1, -0.05) is 39.3 Å². The molecule has 9 nitrogen and oxygen atoms in total. The van der Waals surface area contributed by atoms with Gasteiger partial charge in [-0.25, -0.2) is 9.78 Å². The summed E-state index contributed by atoms with van der Waals surface area (Å²) >= 11 is 3.45. The summed E-state index contributed by atoms with van der Waals surface area (Å²) < 4.78 is 38.1. The van der Waals surface area contributed by atoms with Crippen molar-refractivity contribution in [2.24, 2.45) is 0 Å². The minimum absolute atomic E-state index is 0.00615. The standard InChI is InChI=1S/C23H25BrN4O3.C2HF3O2/c24-18-6-1-4-16(12-18)17(14-22(29)30)13-21-27-20(28-31-21)8-2-7-19-10-9-15-5-3-11-25-23(15)26-19;3-2(4,5)1(6)7/h1,4,6,9-10,12,17H,2-3,5,7-8,11,13-14H2,(H,25,26)(H,29,30);(H,6,7). The molecule has 3 aromatic rings. The number of carbonyl (C=O) groups is 2. The Morgan fingerprint density at radius 3 is 2.58 bits per heavy atom. The Bertz CT molecular complexity index is 1250. The molecule has 1 aliphatic heterocycles. The Morgan fingerprint density at radius 2 is 1.89 bits per heavy atom.